The lowest BCUT2D eigenvalue weighted by Crippen LogP contribution is -2.37. The van der Waals surface area contributed by atoms with E-state index < -0.39 is 0 Å². The predicted molar refractivity (Wildman–Crippen MR) is 121 cm³/mol. The van der Waals surface area contributed by atoms with Crippen LogP contribution in [-0.2, 0) is 9.59 Å². The molecule has 7 nitrogen and oxygen atoms in total. The van der Waals surface area contributed by atoms with Crippen molar-refractivity contribution in [3.05, 3.63) is 17.7 Å². The first kappa shape index (κ1) is 24.8. The Balaban J connectivity index is 2.40. The summed E-state index contributed by atoms with van der Waals surface area (Å²) < 4.78 is 16.5. The second-order valence-electron chi connectivity index (χ2n) is 9.85. The van der Waals surface area contributed by atoms with Gasteiger partial charge in [0.25, 0.3) is 0 Å². The van der Waals surface area contributed by atoms with E-state index >= 15 is 0 Å². The average molecular weight is 435 g/mol. The van der Waals surface area contributed by atoms with Crippen molar-refractivity contribution in [2.75, 3.05) is 41.0 Å². The van der Waals surface area contributed by atoms with Crippen LogP contribution in [0.1, 0.15) is 52.5 Å². The zero-order chi connectivity index (χ0) is 23.3. The summed E-state index contributed by atoms with van der Waals surface area (Å²) in [6.07, 6.45) is 0.440. The fraction of sp³-hybridized carbons (Fsp3) is 0.667. The zero-order valence-electron chi connectivity index (χ0n) is 20.2. The van der Waals surface area contributed by atoms with Gasteiger partial charge in [-0.05, 0) is 29.0 Å². The molecule has 174 valence electrons. The van der Waals surface area contributed by atoms with Gasteiger partial charge in [-0.2, -0.15) is 0 Å². The standard InChI is InChI=1S/C24H38N2O5/c1-15(2)12-25-23(28)18-14-26(21(27)11-24(3,4)5)13-17(18)16-9-19(29-6)22(31-8)20(10-16)30-7/h9-10,15,17-18H,11-14H2,1-8H3,(H,25,28)/t17-,18-/m1/s1. The molecule has 2 rings (SSSR count). The van der Waals surface area contributed by atoms with E-state index in [-0.39, 0.29) is 29.1 Å². The summed E-state index contributed by atoms with van der Waals surface area (Å²) in [7, 11) is 4.70. The molecule has 1 fully saturated rings. The fourth-order valence-corrected chi connectivity index (χ4v) is 3.93. The molecule has 31 heavy (non-hydrogen) atoms. The molecule has 0 saturated carbocycles. The number of amides is 2. The summed E-state index contributed by atoms with van der Waals surface area (Å²) in [6, 6.07) is 3.76. The van der Waals surface area contributed by atoms with Gasteiger partial charge in [0, 0.05) is 32.0 Å². The molecular weight excluding hydrogens is 396 g/mol. The van der Waals surface area contributed by atoms with Crippen LogP contribution >= 0.6 is 0 Å². The number of nitrogens with one attached hydrogen (secondary N) is 1. The Morgan fingerprint density at radius 3 is 2.10 bits per heavy atom. The predicted octanol–water partition coefficient (Wildman–Crippen LogP) is 3.46. The van der Waals surface area contributed by atoms with Gasteiger partial charge in [-0.15, -0.1) is 0 Å². The molecular formula is C24H38N2O5. The van der Waals surface area contributed by atoms with Gasteiger partial charge >= 0.3 is 0 Å². The highest BCUT2D eigenvalue weighted by atomic mass is 16.5. The van der Waals surface area contributed by atoms with E-state index in [1.165, 1.54) is 0 Å². The summed E-state index contributed by atoms with van der Waals surface area (Å²) in [5, 5.41) is 3.05. The first-order valence-electron chi connectivity index (χ1n) is 10.9. The summed E-state index contributed by atoms with van der Waals surface area (Å²) in [5.74, 6) is 1.48. The second-order valence-corrected chi connectivity index (χ2v) is 9.85. The van der Waals surface area contributed by atoms with Crippen molar-refractivity contribution in [2.24, 2.45) is 17.3 Å². The highest BCUT2D eigenvalue weighted by Crippen LogP contribution is 2.43. The first-order chi connectivity index (χ1) is 14.5. The van der Waals surface area contributed by atoms with E-state index in [4.69, 9.17) is 14.2 Å². The normalized spacial score (nSPS) is 18.8. The van der Waals surface area contributed by atoms with Crippen molar-refractivity contribution < 1.29 is 23.8 Å². The molecule has 1 aliphatic heterocycles. The minimum Gasteiger partial charge on any atom is -0.493 e. The summed E-state index contributed by atoms with van der Waals surface area (Å²) in [5.41, 5.74) is 0.780. The Bertz CT molecular complexity index is 760. The lowest BCUT2D eigenvalue weighted by molar-refractivity contribution is -0.132. The quantitative estimate of drug-likeness (QED) is 0.678. The molecule has 2 atom stereocenters. The lowest BCUT2D eigenvalue weighted by atomic mass is 9.87. The SMILES string of the molecule is COc1cc([C@H]2CN(C(=O)CC(C)(C)C)C[C@H]2C(=O)NCC(C)C)cc(OC)c1OC. The van der Waals surface area contributed by atoms with Gasteiger partial charge < -0.3 is 24.4 Å². The Labute approximate surface area is 186 Å². The van der Waals surface area contributed by atoms with Crippen LogP contribution in [0.3, 0.4) is 0 Å². The van der Waals surface area contributed by atoms with E-state index in [0.717, 1.165) is 5.56 Å². The fourth-order valence-electron chi connectivity index (χ4n) is 3.93. The topological polar surface area (TPSA) is 77.1 Å². The monoisotopic (exact) mass is 434 g/mol. The summed E-state index contributed by atoms with van der Waals surface area (Å²) in [6.45, 7) is 11.7. The highest BCUT2D eigenvalue weighted by molar-refractivity contribution is 5.83. The maximum atomic E-state index is 13.1. The van der Waals surface area contributed by atoms with Gasteiger partial charge in [0.05, 0.1) is 27.2 Å². The molecule has 1 aromatic carbocycles. The number of hydrogen-bond donors (Lipinski definition) is 1. The third-order valence-corrected chi connectivity index (χ3v) is 5.49. The van der Waals surface area contributed by atoms with Crippen LogP contribution in [0, 0.1) is 17.3 Å². The van der Waals surface area contributed by atoms with Crippen LogP contribution < -0.4 is 19.5 Å². The molecule has 1 saturated heterocycles. The van der Waals surface area contributed by atoms with E-state index in [0.29, 0.717) is 49.2 Å². The molecule has 0 radical (unpaired) electrons. The van der Waals surface area contributed by atoms with Crippen molar-refractivity contribution >= 4 is 11.8 Å². The summed E-state index contributed by atoms with van der Waals surface area (Å²) >= 11 is 0. The van der Waals surface area contributed by atoms with Gasteiger partial charge in [-0.25, -0.2) is 0 Å². The van der Waals surface area contributed by atoms with Crippen LogP contribution in [0.5, 0.6) is 17.2 Å². The van der Waals surface area contributed by atoms with E-state index in [9.17, 15) is 9.59 Å². The third-order valence-electron chi connectivity index (χ3n) is 5.49. The first-order valence-corrected chi connectivity index (χ1v) is 10.9. The molecule has 0 spiro atoms. The minimum atomic E-state index is -0.342. The number of carbonyl (C=O) groups excluding carboxylic acids is 2. The van der Waals surface area contributed by atoms with E-state index in [1.807, 2.05) is 37.8 Å². The molecule has 7 heteroatoms. The minimum absolute atomic E-state index is 0.0292. The smallest absolute Gasteiger partial charge is 0.225 e. The van der Waals surface area contributed by atoms with E-state index in [1.54, 1.807) is 21.3 Å². The Hall–Kier alpha value is -2.44. The van der Waals surface area contributed by atoms with Crippen LogP contribution in [0.25, 0.3) is 0 Å². The van der Waals surface area contributed by atoms with Gasteiger partial charge in [0.2, 0.25) is 17.6 Å². The highest BCUT2D eigenvalue weighted by Gasteiger charge is 2.41. The van der Waals surface area contributed by atoms with Crippen molar-refractivity contribution in [1.29, 1.82) is 0 Å². The molecule has 1 heterocycles. The maximum Gasteiger partial charge on any atom is 0.225 e. The van der Waals surface area contributed by atoms with Crippen LogP contribution in [0.2, 0.25) is 0 Å². The largest absolute Gasteiger partial charge is 0.493 e. The number of ether oxygens (including phenoxy) is 3. The van der Waals surface area contributed by atoms with Crippen LogP contribution in [0.15, 0.2) is 12.1 Å². The molecule has 1 aliphatic rings. The van der Waals surface area contributed by atoms with E-state index in [2.05, 4.69) is 19.2 Å². The molecule has 0 aliphatic carbocycles. The van der Waals surface area contributed by atoms with Crippen molar-refractivity contribution in [3.63, 3.8) is 0 Å². The number of benzene rings is 1. The second kappa shape index (κ2) is 10.2. The van der Waals surface area contributed by atoms with Crippen molar-refractivity contribution in [3.8, 4) is 17.2 Å². The number of nitrogens with zero attached hydrogens (tertiary/aromatic N) is 1. The molecule has 1 N–H and O–H groups in total. The molecule has 0 unspecified atom stereocenters. The van der Waals surface area contributed by atoms with Gasteiger partial charge in [-0.1, -0.05) is 34.6 Å². The van der Waals surface area contributed by atoms with Crippen molar-refractivity contribution in [2.45, 2.75) is 47.0 Å². The number of rotatable bonds is 8. The lowest BCUT2D eigenvalue weighted by Gasteiger charge is -2.23. The number of carbonyl (C=O) groups is 2. The maximum absolute atomic E-state index is 13.1. The molecule has 2 amide bonds. The summed E-state index contributed by atoms with van der Waals surface area (Å²) in [4.78, 5) is 27.8. The van der Waals surface area contributed by atoms with Crippen molar-refractivity contribution in [1.82, 2.24) is 10.2 Å². The molecule has 0 aromatic heterocycles. The van der Waals surface area contributed by atoms with Gasteiger partial charge in [0.15, 0.2) is 11.5 Å². The van der Waals surface area contributed by atoms with Gasteiger partial charge in [0.1, 0.15) is 0 Å². The molecule has 0 bridgehead atoms. The Kier molecular flexibility index (Phi) is 8.21. The van der Waals surface area contributed by atoms with Crippen LogP contribution in [-0.4, -0.2) is 57.7 Å². The number of hydrogen-bond acceptors (Lipinski definition) is 5. The zero-order valence-corrected chi connectivity index (χ0v) is 20.2. The number of methoxy groups -OCH3 is 3. The third kappa shape index (κ3) is 6.28. The Morgan fingerprint density at radius 1 is 1.06 bits per heavy atom. The van der Waals surface area contributed by atoms with Gasteiger partial charge in [-0.3, -0.25) is 9.59 Å². The Morgan fingerprint density at radius 2 is 1.65 bits per heavy atom. The van der Waals surface area contributed by atoms with Crippen LogP contribution in [0.4, 0.5) is 0 Å². The average Bonchev–Trinajstić information content (AvgIpc) is 3.15. The number of likely N-dealkylation sites (tertiary alicyclic amines) is 1. The molecule has 1 aromatic rings.